The van der Waals surface area contributed by atoms with E-state index in [4.69, 9.17) is 9.47 Å². The summed E-state index contributed by atoms with van der Waals surface area (Å²) in [5, 5.41) is 0. The zero-order valence-electron chi connectivity index (χ0n) is 22.1. The summed E-state index contributed by atoms with van der Waals surface area (Å²) in [7, 11) is 0.546. The molecule has 2 atom stereocenters. The monoisotopic (exact) mass is 500 g/mol. The molecule has 4 rings (SSSR count). The quantitative estimate of drug-likeness (QED) is 0.573. The summed E-state index contributed by atoms with van der Waals surface area (Å²) in [5.41, 5.74) is 3.41. The molecular weight excluding hydrogens is 460 g/mol. The molecule has 2 saturated heterocycles. The van der Waals surface area contributed by atoms with Gasteiger partial charge in [-0.15, -0.1) is 0 Å². The molecule has 0 amide bonds. The molecular formula is C28H40N2O4S. The van der Waals surface area contributed by atoms with Gasteiger partial charge in [0.15, 0.2) is 0 Å². The van der Waals surface area contributed by atoms with Crippen LogP contribution in [0, 0.1) is 27.7 Å². The molecule has 2 fully saturated rings. The number of likely N-dealkylation sites (N-methyl/N-ethyl adjacent to an activating group) is 2. The normalized spacial score (nSPS) is 22.2. The second-order valence-electron chi connectivity index (χ2n) is 10.6. The van der Waals surface area contributed by atoms with E-state index in [1.807, 2.05) is 27.7 Å². The average molecular weight is 501 g/mol. The van der Waals surface area contributed by atoms with Crippen LogP contribution >= 0.6 is 0 Å². The molecule has 2 aromatic carbocycles. The van der Waals surface area contributed by atoms with Crippen LogP contribution in [0.4, 0.5) is 0 Å². The van der Waals surface area contributed by atoms with Crippen LogP contribution in [0.2, 0.25) is 0 Å². The summed E-state index contributed by atoms with van der Waals surface area (Å²) in [6.45, 7) is 11.7. The van der Waals surface area contributed by atoms with E-state index in [-0.39, 0.29) is 12.2 Å². The fourth-order valence-electron chi connectivity index (χ4n) is 5.40. The van der Waals surface area contributed by atoms with Crippen molar-refractivity contribution in [2.75, 3.05) is 40.3 Å². The van der Waals surface area contributed by atoms with E-state index in [0.29, 0.717) is 9.79 Å². The lowest BCUT2D eigenvalue weighted by Gasteiger charge is -2.31. The van der Waals surface area contributed by atoms with Gasteiger partial charge in [-0.2, -0.15) is 0 Å². The first-order chi connectivity index (χ1) is 16.5. The number of sulfone groups is 1. The molecule has 2 aliphatic rings. The van der Waals surface area contributed by atoms with Gasteiger partial charge in [-0.05, 0) is 127 Å². The number of likely N-dealkylation sites (tertiary alicyclic amines) is 2. The Morgan fingerprint density at radius 1 is 0.686 bits per heavy atom. The van der Waals surface area contributed by atoms with Crippen LogP contribution in [0.1, 0.15) is 47.9 Å². The number of aryl methyl sites for hydroxylation is 4. The van der Waals surface area contributed by atoms with Gasteiger partial charge < -0.3 is 19.3 Å². The van der Waals surface area contributed by atoms with Crippen molar-refractivity contribution < 1.29 is 17.9 Å². The van der Waals surface area contributed by atoms with Crippen molar-refractivity contribution in [3.05, 3.63) is 46.5 Å². The van der Waals surface area contributed by atoms with Crippen molar-refractivity contribution >= 4 is 9.84 Å². The van der Waals surface area contributed by atoms with Crippen molar-refractivity contribution in [2.24, 2.45) is 0 Å². The Balaban J connectivity index is 1.58. The third kappa shape index (κ3) is 5.84. The average Bonchev–Trinajstić information content (AvgIpc) is 2.78. The molecule has 0 aromatic heterocycles. The van der Waals surface area contributed by atoms with E-state index in [1.165, 1.54) is 0 Å². The first-order valence-corrected chi connectivity index (χ1v) is 14.2. The molecule has 7 heteroatoms. The Morgan fingerprint density at radius 2 is 1.03 bits per heavy atom. The second-order valence-corrected chi connectivity index (χ2v) is 12.5. The Hall–Kier alpha value is -2.09. The van der Waals surface area contributed by atoms with E-state index < -0.39 is 9.84 Å². The second kappa shape index (κ2) is 10.5. The van der Waals surface area contributed by atoms with Gasteiger partial charge in [0.2, 0.25) is 9.84 Å². The highest BCUT2D eigenvalue weighted by molar-refractivity contribution is 7.91. The molecule has 35 heavy (non-hydrogen) atoms. The van der Waals surface area contributed by atoms with Crippen LogP contribution in [0.5, 0.6) is 11.5 Å². The Kier molecular flexibility index (Phi) is 7.79. The minimum Gasteiger partial charge on any atom is -0.489 e. The standard InChI is InChI=1S/C28H40N2O4S/c1-19-13-25(14-20(2)27(19)33-23-9-7-11-29(5)17-23)35(31,32)26-15-21(3)28(22(4)16-26)34-24-10-8-12-30(6)18-24/h13-16,23-24H,7-12,17-18H2,1-6H3. The molecule has 0 saturated carbocycles. The van der Waals surface area contributed by atoms with Gasteiger partial charge in [0.1, 0.15) is 23.7 Å². The number of rotatable bonds is 6. The fourth-order valence-corrected chi connectivity index (χ4v) is 7.00. The van der Waals surface area contributed by atoms with Gasteiger partial charge in [-0.1, -0.05) is 0 Å². The summed E-state index contributed by atoms with van der Waals surface area (Å²) in [5.74, 6) is 1.61. The Morgan fingerprint density at radius 3 is 1.34 bits per heavy atom. The molecule has 192 valence electrons. The van der Waals surface area contributed by atoms with Crippen LogP contribution in [0.25, 0.3) is 0 Å². The fraction of sp³-hybridized carbons (Fsp3) is 0.571. The first kappa shape index (κ1) is 26.0. The highest BCUT2D eigenvalue weighted by atomic mass is 32.2. The molecule has 0 radical (unpaired) electrons. The lowest BCUT2D eigenvalue weighted by molar-refractivity contribution is 0.103. The van der Waals surface area contributed by atoms with Crippen LogP contribution in [0.3, 0.4) is 0 Å². The van der Waals surface area contributed by atoms with E-state index in [0.717, 1.165) is 85.6 Å². The van der Waals surface area contributed by atoms with E-state index in [1.54, 1.807) is 24.3 Å². The minimum atomic E-state index is -3.67. The van der Waals surface area contributed by atoms with Gasteiger partial charge in [0.25, 0.3) is 0 Å². The molecule has 2 unspecified atom stereocenters. The van der Waals surface area contributed by atoms with Gasteiger partial charge in [-0.3, -0.25) is 0 Å². The van der Waals surface area contributed by atoms with E-state index >= 15 is 0 Å². The Bertz CT molecular complexity index is 1050. The molecule has 2 heterocycles. The van der Waals surface area contributed by atoms with Crippen LogP contribution < -0.4 is 9.47 Å². The number of hydrogen-bond donors (Lipinski definition) is 0. The third-order valence-corrected chi connectivity index (χ3v) is 8.93. The first-order valence-electron chi connectivity index (χ1n) is 12.7. The summed E-state index contributed by atoms with van der Waals surface area (Å²) in [6, 6.07) is 6.99. The topological polar surface area (TPSA) is 59.1 Å². The van der Waals surface area contributed by atoms with E-state index in [9.17, 15) is 8.42 Å². The predicted octanol–water partition coefficient (Wildman–Crippen LogP) is 4.70. The number of hydrogen-bond acceptors (Lipinski definition) is 6. The highest BCUT2D eigenvalue weighted by Crippen LogP contribution is 2.35. The molecule has 0 bridgehead atoms. The summed E-state index contributed by atoms with van der Waals surface area (Å²) in [4.78, 5) is 5.17. The number of piperidine rings is 2. The lowest BCUT2D eigenvalue weighted by Crippen LogP contribution is -2.38. The molecule has 0 N–H and O–H groups in total. The molecule has 6 nitrogen and oxygen atoms in total. The molecule has 0 aliphatic carbocycles. The Labute approximate surface area is 211 Å². The van der Waals surface area contributed by atoms with Crippen molar-refractivity contribution in [1.82, 2.24) is 9.80 Å². The number of nitrogens with zero attached hydrogens (tertiary/aromatic N) is 2. The SMILES string of the molecule is Cc1cc(S(=O)(=O)c2cc(C)c(OC3CCCN(C)C3)c(C)c2)cc(C)c1OC1CCCN(C)C1. The van der Waals surface area contributed by atoms with E-state index in [2.05, 4.69) is 23.9 Å². The zero-order chi connectivity index (χ0) is 25.3. The zero-order valence-corrected chi connectivity index (χ0v) is 22.9. The maximum Gasteiger partial charge on any atom is 0.206 e. The van der Waals surface area contributed by atoms with Crippen molar-refractivity contribution in [3.8, 4) is 11.5 Å². The van der Waals surface area contributed by atoms with Gasteiger partial charge in [0.05, 0.1) is 9.79 Å². The lowest BCUT2D eigenvalue weighted by atomic mass is 10.1. The third-order valence-electron chi connectivity index (χ3n) is 7.22. The number of ether oxygens (including phenoxy) is 2. The van der Waals surface area contributed by atoms with Crippen LogP contribution in [0.15, 0.2) is 34.1 Å². The van der Waals surface area contributed by atoms with Crippen LogP contribution in [-0.2, 0) is 9.84 Å². The maximum absolute atomic E-state index is 13.6. The molecule has 2 aromatic rings. The van der Waals surface area contributed by atoms with Crippen molar-refractivity contribution in [3.63, 3.8) is 0 Å². The maximum atomic E-state index is 13.6. The smallest absolute Gasteiger partial charge is 0.206 e. The van der Waals surface area contributed by atoms with Gasteiger partial charge >= 0.3 is 0 Å². The number of benzene rings is 2. The summed E-state index contributed by atoms with van der Waals surface area (Å²) >= 11 is 0. The molecule has 2 aliphatic heterocycles. The largest absolute Gasteiger partial charge is 0.489 e. The van der Waals surface area contributed by atoms with Crippen molar-refractivity contribution in [1.29, 1.82) is 0 Å². The summed E-state index contributed by atoms with van der Waals surface area (Å²) < 4.78 is 39.9. The van der Waals surface area contributed by atoms with Gasteiger partial charge in [0, 0.05) is 13.1 Å². The highest BCUT2D eigenvalue weighted by Gasteiger charge is 2.26. The molecule has 0 spiro atoms. The minimum absolute atomic E-state index is 0.135. The summed E-state index contributed by atoms with van der Waals surface area (Å²) in [6.07, 6.45) is 4.54. The van der Waals surface area contributed by atoms with Gasteiger partial charge in [-0.25, -0.2) is 8.42 Å². The van der Waals surface area contributed by atoms with Crippen molar-refractivity contribution in [2.45, 2.75) is 75.4 Å². The van der Waals surface area contributed by atoms with Crippen LogP contribution in [-0.4, -0.2) is 70.7 Å². The predicted molar refractivity (Wildman–Crippen MR) is 140 cm³/mol.